The van der Waals surface area contributed by atoms with Gasteiger partial charge in [-0.25, -0.2) is 0 Å². The van der Waals surface area contributed by atoms with Gasteiger partial charge >= 0.3 is 0 Å². The fourth-order valence-corrected chi connectivity index (χ4v) is 1.23. The normalized spacial score (nSPS) is 17.0. The van der Waals surface area contributed by atoms with E-state index < -0.39 is 0 Å². The van der Waals surface area contributed by atoms with E-state index in [-0.39, 0.29) is 0 Å². The van der Waals surface area contributed by atoms with Gasteiger partial charge in [0.25, 0.3) is 0 Å². The summed E-state index contributed by atoms with van der Waals surface area (Å²) in [6.45, 7) is 6.36. The number of hydrogen-bond donors (Lipinski definition) is 1. The van der Waals surface area contributed by atoms with Gasteiger partial charge in [-0.2, -0.15) is 0 Å². The molecule has 0 aromatic rings. The van der Waals surface area contributed by atoms with Crippen LogP contribution in [-0.4, -0.2) is 35.5 Å². The number of nitrogens with zero attached hydrogens (tertiary/aromatic N) is 2. The first-order valence-electron chi connectivity index (χ1n) is 4.07. The summed E-state index contributed by atoms with van der Waals surface area (Å²) >= 11 is 0. The third-order valence-corrected chi connectivity index (χ3v) is 1.78. The second kappa shape index (κ2) is 4.59. The van der Waals surface area contributed by atoms with Crippen LogP contribution in [-0.2, 0) is 0 Å². The van der Waals surface area contributed by atoms with Crippen LogP contribution in [0.25, 0.3) is 0 Å². The van der Waals surface area contributed by atoms with Crippen molar-refractivity contribution >= 4 is 5.84 Å². The van der Waals surface area contributed by atoms with Crippen molar-refractivity contribution in [1.29, 1.82) is 0 Å². The molecular formula is C9H14N2O. The van der Waals surface area contributed by atoms with E-state index in [1.54, 1.807) is 6.08 Å². The van der Waals surface area contributed by atoms with Crippen molar-refractivity contribution in [1.82, 2.24) is 4.90 Å². The molecular weight excluding hydrogens is 152 g/mol. The molecule has 1 rings (SSSR count). The Morgan fingerprint density at radius 3 is 3.17 bits per heavy atom. The number of aliphatic hydroxyl groups excluding tert-OH is 1. The fourth-order valence-electron chi connectivity index (χ4n) is 1.23. The minimum absolute atomic E-state index is 0.713. The Hall–Kier alpha value is -1.25. The smallest absolute Gasteiger partial charge is 0.103 e. The highest BCUT2D eigenvalue weighted by molar-refractivity contribution is 5.85. The van der Waals surface area contributed by atoms with Crippen LogP contribution >= 0.6 is 0 Å². The zero-order valence-corrected chi connectivity index (χ0v) is 7.11. The highest BCUT2D eigenvalue weighted by atomic mass is 16.2. The van der Waals surface area contributed by atoms with E-state index in [0.29, 0.717) is 6.42 Å². The summed E-state index contributed by atoms with van der Waals surface area (Å²) in [5, 5.41) is 8.47. The maximum atomic E-state index is 8.47. The summed E-state index contributed by atoms with van der Waals surface area (Å²) in [6, 6.07) is 0. The Bertz CT molecular complexity index is 209. The molecule has 0 fully saturated rings. The molecule has 0 radical (unpaired) electrons. The van der Waals surface area contributed by atoms with E-state index in [9.17, 15) is 0 Å². The molecule has 0 saturated carbocycles. The van der Waals surface area contributed by atoms with Gasteiger partial charge in [0, 0.05) is 19.5 Å². The SMILES string of the molecule is C=CCN1CCN=C1CC=CO. The van der Waals surface area contributed by atoms with Gasteiger partial charge in [-0.1, -0.05) is 6.08 Å². The minimum Gasteiger partial charge on any atom is -0.516 e. The van der Waals surface area contributed by atoms with Crippen molar-refractivity contribution in [2.45, 2.75) is 6.42 Å². The first kappa shape index (κ1) is 8.84. The van der Waals surface area contributed by atoms with E-state index in [0.717, 1.165) is 31.7 Å². The van der Waals surface area contributed by atoms with Gasteiger partial charge in [-0.3, -0.25) is 4.99 Å². The van der Waals surface area contributed by atoms with E-state index in [1.165, 1.54) is 0 Å². The predicted molar refractivity (Wildman–Crippen MR) is 50.5 cm³/mol. The van der Waals surface area contributed by atoms with E-state index in [2.05, 4.69) is 16.5 Å². The van der Waals surface area contributed by atoms with Crippen LogP contribution in [0.4, 0.5) is 0 Å². The first-order chi connectivity index (χ1) is 5.88. The number of amidine groups is 1. The van der Waals surface area contributed by atoms with Gasteiger partial charge in [0.1, 0.15) is 5.84 Å². The minimum atomic E-state index is 0.713. The first-order valence-corrected chi connectivity index (χ1v) is 4.07. The quantitative estimate of drug-likeness (QED) is 0.505. The molecule has 0 atom stereocenters. The summed E-state index contributed by atoms with van der Waals surface area (Å²) in [5.74, 6) is 1.04. The van der Waals surface area contributed by atoms with Crippen molar-refractivity contribution in [3.05, 3.63) is 25.0 Å². The zero-order chi connectivity index (χ0) is 8.81. The molecule has 3 nitrogen and oxygen atoms in total. The van der Waals surface area contributed by atoms with Gasteiger partial charge in [0.05, 0.1) is 12.8 Å². The molecule has 0 bridgehead atoms. The van der Waals surface area contributed by atoms with Gasteiger partial charge in [-0.05, 0) is 6.08 Å². The van der Waals surface area contributed by atoms with Crippen LogP contribution in [0.2, 0.25) is 0 Å². The standard InChI is InChI=1S/C9H14N2O/c1-2-6-11-7-5-10-9(11)4-3-8-12/h2-3,8,12H,1,4-7H2. The van der Waals surface area contributed by atoms with Crippen molar-refractivity contribution in [2.75, 3.05) is 19.6 Å². The topological polar surface area (TPSA) is 35.8 Å². The highest BCUT2D eigenvalue weighted by Crippen LogP contribution is 2.05. The Kier molecular flexibility index (Phi) is 3.38. The molecule has 0 aromatic carbocycles. The van der Waals surface area contributed by atoms with E-state index >= 15 is 0 Å². The Morgan fingerprint density at radius 1 is 1.67 bits per heavy atom. The van der Waals surface area contributed by atoms with Gasteiger partial charge < -0.3 is 10.0 Å². The van der Waals surface area contributed by atoms with Crippen LogP contribution in [0, 0.1) is 0 Å². The summed E-state index contributed by atoms with van der Waals surface area (Å²) in [7, 11) is 0. The molecule has 0 amide bonds. The Labute approximate surface area is 72.7 Å². The van der Waals surface area contributed by atoms with Crippen LogP contribution in [0.1, 0.15) is 6.42 Å². The molecule has 0 saturated heterocycles. The maximum Gasteiger partial charge on any atom is 0.103 e. The van der Waals surface area contributed by atoms with Crippen molar-refractivity contribution < 1.29 is 5.11 Å². The molecule has 1 aliphatic rings. The average Bonchev–Trinajstić information content (AvgIpc) is 2.50. The summed E-state index contributed by atoms with van der Waals surface area (Å²) < 4.78 is 0. The summed E-state index contributed by atoms with van der Waals surface area (Å²) in [4.78, 5) is 6.47. The molecule has 3 heteroatoms. The number of rotatable bonds is 4. The number of hydrogen-bond acceptors (Lipinski definition) is 3. The average molecular weight is 166 g/mol. The molecule has 0 aliphatic carbocycles. The van der Waals surface area contributed by atoms with Crippen LogP contribution in [0.5, 0.6) is 0 Å². The fraction of sp³-hybridized carbons (Fsp3) is 0.444. The third-order valence-electron chi connectivity index (χ3n) is 1.78. The zero-order valence-electron chi connectivity index (χ0n) is 7.11. The maximum absolute atomic E-state index is 8.47. The molecule has 0 aromatic heterocycles. The Balaban J connectivity index is 2.44. The largest absolute Gasteiger partial charge is 0.516 e. The molecule has 1 heterocycles. The number of aliphatic hydroxyl groups is 1. The second-order valence-electron chi connectivity index (χ2n) is 2.62. The molecule has 0 spiro atoms. The van der Waals surface area contributed by atoms with Gasteiger partial charge in [0.15, 0.2) is 0 Å². The molecule has 12 heavy (non-hydrogen) atoms. The monoisotopic (exact) mass is 166 g/mol. The van der Waals surface area contributed by atoms with Crippen molar-refractivity contribution in [3.63, 3.8) is 0 Å². The lowest BCUT2D eigenvalue weighted by Crippen LogP contribution is -2.27. The summed E-state index contributed by atoms with van der Waals surface area (Å²) in [5.41, 5.74) is 0. The number of aliphatic imine (C=N–C) groups is 1. The van der Waals surface area contributed by atoms with Crippen LogP contribution in [0.15, 0.2) is 30.0 Å². The van der Waals surface area contributed by atoms with E-state index in [1.807, 2.05) is 6.08 Å². The lowest BCUT2D eigenvalue weighted by molar-refractivity contribution is 0.470. The highest BCUT2D eigenvalue weighted by Gasteiger charge is 2.12. The Morgan fingerprint density at radius 2 is 2.50 bits per heavy atom. The van der Waals surface area contributed by atoms with Crippen molar-refractivity contribution in [3.8, 4) is 0 Å². The molecule has 1 N–H and O–H groups in total. The molecule has 1 aliphatic heterocycles. The van der Waals surface area contributed by atoms with Gasteiger partial charge in [0.2, 0.25) is 0 Å². The molecule has 66 valence electrons. The van der Waals surface area contributed by atoms with Crippen molar-refractivity contribution in [2.24, 2.45) is 4.99 Å². The van der Waals surface area contributed by atoms with E-state index in [4.69, 9.17) is 5.11 Å². The van der Waals surface area contributed by atoms with Gasteiger partial charge in [-0.15, -0.1) is 6.58 Å². The van der Waals surface area contributed by atoms with Crippen LogP contribution < -0.4 is 0 Å². The predicted octanol–water partition coefficient (Wildman–Crippen LogP) is 1.35. The second-order valence-corrected chi connectivity index (χ2v) is 2.62. The lowest BCUT2D eigenvalue weighted by Gasteiger charge is -2.16. The third kappa shape index (κ3) is 2.12. The summed E-state index contributed by atoms with van der Waals surface area (Å²) in [6.07, 6.45) is 5.33. The lowest BCUT2D eigenvalue weighted by atomic mass is 10.3. The van der Waals surface area contributed by atoms with Crippen LogP contribution in [0.3, 0.4) is 0 Å². The molecule has 0 unspecified atom stereocenters.